The van der Waals surface area contributed by atoms with Gasteiger partial charge >= 0.3 is 0 Å². The second kappa shape index (κ2) is 6.26. The third-order valence-electron chi connectivity index (χ3n) is 2.13. The molecule has 0 amide bonds. The molecule has 0 aliphatic rings. The number of hydrogen-bond donors (Lipinski definition) is 2. The van der Waals surface area contributed by atoms with Crippen LogP contribution in [0.3, 0.4) is 0 Å². The van der Waals surface area contributed by atoms with E-state index in [1.54, 1.807) is 6.07 Å². The van der Waals surface area contributed by atoms with Crippen molar-refractivity contribution < 1.29 is 18.6 Å². The van der Waals surface area contributed by atoms with Gasteiger partial charge in [-0.25, -0.2) is 8.42 Å². The van der Waals surface area contributed by atoms with Crippen molar-refractivity contribution in [3.63, 3.8) is 0 Å². The third kappa shape index (κ3) is 3.49. The quantitative estimate of drug-likeness (QED) is 0.800. The maximum atomic E-state index is 12.2. The Kier molecular flexibility index (Phi) is 5.55. The second-order valence-electron chi connectivity index (χ2n) is 3.37. The average Bonchev–Trinajstić information content (AvgIpc) is 2.59. The molecule has 0 bridgehead atoms. The summed E-state index contributed by atoms with van der Waals surface area (Å²) in [5.41, 5.74) is 0.849. The molecule has 5 nitrogen and oxygen atoms in total. The third-order valence-corrected chi connectivity index (χ3v) is 6.61. The molecule has 98 valence electrons. The van der Waals surface area contributed by atoms with Crippen molar-refractivity contribution >= 4 is 37.3 Å². The van der Waals surface area contributed by atoms with Crippen LogP contribution in [-0.4, -0.2) is 49.2 Å². The minimum absolute atomic E-state index is 0.0164. The smallest absolute Gasteiger partial charge is 0.252 e. The molecule has 0 saturated heterocycles. The van der Waals surface area contributed by atoms with Gasteiger partial charge in [-0.3, -0.25) is 0 Å². The molecule has 0 aliphatic heterocycles. The first-order valence-corrected chi connectivity index (χ1v) is 7.96. The summed E-state index contributed by atoms with van der Waals surface area (Å²) in [6.07, 6.45) is 0. The number of rotatable bonds is 6. The van der Waals surface area contributed by atoms with Gasteiger partial charge < -0.3 is 10.2 Å². The van der Waals surface area contributed by atoms with Gasteiger partial charge in [-0.05, 0) is 34.5 Å². The van der Waals surface area contributed by atoms with E-state index in [2.05, 4.69) is 15.9 Å². The van der Waals surface area contributed by atoms with Crippen molar-refractivity contribution in [3.05, 3.63) is 15.4 Å². The molecule has 17 heavy (non-hydrogen) atoms. The van der Waals surface area contributed by atoms with Crippen molar-refractivity contribution in [2.24, 2.45) is 0 Å². The molecule has 8 heteroatoms. The summed E-state index contributed by atoms with van der Waals surface area (Å²) < 4.78 is 26.4. The highest BCUT2D eigenvalue weighted by Crippen LogP contribution is 2.32. The Hall–Kier alpha value is 0.01000. The maximum absolute atomic E-state index is 12.2. The van der Waals surface area contributed by atoms with E-state index in [1.165, 1.54) is 0 Å². The van der Waals surface area contributed by atoms with Crippen molar-refractivity contribution in [3.8, 4) is 0 Å². The fourth-order valence-corrected chi connectivity index (χ4v) is 5.06. The highest BCUT2D eigenvalue weighted by atomic mass is 79.9. The molecular formula is C9H14BrNO4S2. The summed E-state index contributed by atoms with van der Waals surface area (Å²) >= 11 is 4.40. The SMILES string of the molecule is Cc1cc(S(=O)(=O)N(CCO)CCO)sc1Br. The van der Waals surface area contributed by atoms with Gasteiger partial charge in [0.1, 0.15) is 4.21 Å². The summed E-state index contributed by atoms with van der Waals surface area (Å²) in [5, 5.41) is 17.7. The van der Waals surface area contributed by atoms with Crippen LogP contribution in [0.2, 0.25) is 0 Å². The van der Waals surface area contributed by atoms with E-state index >= 15 is 0 Å². The van der Waals surface area contributed by atoms with E-state index in [9.17, 15) is 8.42 Å². The molecule has 0 unspecified atom stereocenters. The minimum atomic E-state index is -3.63. The van der Waals surface area contributed by atoms with Gasteiger partial charge in [0.15, 0.2) is 0 Å². The Labute approximate surface area is 113 Å². The lowest BCUT2D eigenvalue weighted by atomic mass is 10.4. The Morgan fingerprint density at radius 3 is 2.24 bits per heavy atom. The van der Waals surface area contributed by atoms with Crippen LogP contribution >= 0.6 is 27.3 Å². The van der Waals surface area contributed by atoms with Crippen LogP contribution in [0.1, 0.15) is 5.56 Å². The predicted octanol–water partition coefficient (Wildman–Crippen LogP) is 0.794. The maximum Gasteiger partial charge on any atom is 0.252 e. The zero-order valence-electron chi connectivity index (χ0n) is 9.26. The first kappa shape index (κ1) is 15.1. The number of halogens is 1. The lowest BCUT2D eigenvalue weighted by Gasteiger charge is -2.18. The number of aryl methyl sites for hydroxylation is 1. The van der Waals surface area contributed by atoms with Gasteiger partial charge in [0.25, 0.3) is 10.0 Å². The number of aliphatic hydroxyl groups excluding tert-OH is 2. The number of sulfonamides is 1. The molecule has 0 atom stereocenters. The van der Waals surface area contributed by atoms with Crippen molar-refractivity contribution in [1.82, 2.24) is 4.31 Å². The molecule has 0 fully saturated rings. The average molecular weight is 344 g/mol. The topological polar surface area (TPSA) is 77.8 Å². The van der Waals surface area contributed by atoms with Crippen LogP contribution in [-0.2, 0) is 10.0 Å². The Balaban J connectivity index is 3.06. The highest BCUT2D eigenvalue weighted by molar-refractivity contribution is 9.11. The second-order valence-corrected chi connectivity index (χ2v) is 7.91. The first-order valence-electron chi connectivity index (χ1n) is 4.91. The summed E-state index contributed by atoms with van der Waals surface area (Å²) in [4.78, 5) is 0. The van der Waals surface area contributed by atoms with Gasteiger partial charge in [0, 0.05) is 13.1 Å². The molecule has 1 heterocycles. The number of thiophene rings is 1. The van der Waals surface area contributed by atoms with Crippen molar-refractivity contribution in [2.75, 3.05) is 26.3 Å². The number of hydrogen-bond acceptors (Lipinski definition) is 5. The van der Waals surface area contributed by atoms with E-state index in [0.717, 1.165) is 25.0 Å². The lowest BCUT2D eigenvalue weighted by Crippen LogP contribution is -2.35. The molecule has 0 aromatic carbocycles. The van der Waals surface area contributed by atoms with Crippen LogP contribution in [0.4, 0.5) is 0 Å². The van der Waals surface area contributed by atoms with Crippen LogP contribution in [0.25, 0.3) is 0 Å². The summed E-state index contributed by atoms with van der Waals surface area (Å²) in [6, 6.07) is 1.58. The van der Waals surface area contributed by atoms with Crippen LogP contribution < -0.4 is 0 Å². The van der Waals surface area contributed by atoms with E-state index in [0.29, 0.717) is 0 Å². The lowest BCUT2D eigenvalue weighted by molar-refractivity contribution is 0.217. The van der Waals surface area contributed by atoms with Crippen LogP contribution in [0.15, 0.2) is 14.1 Å². The summed E-state index contributed by atoms with van der Waals surface area (Å²) in [7, 11) is -3.63. The van der Waals surface area contributed by atoms with E-state index < -0.39 is 10.0 Å². The largest absolute Gasteiger partial charge is 0.395 e. The molecule has 1 aromatic rings. The fraction of sp³-hybridized carbons (Fsp3) is 0.556. The van der Waals surface area contributed by atoms with Gasteiger partial charge in [-0.1, -0.05) is 0 Å². The molecule has 0 saturated carbocycles. The molecule has 0 aliphatic carbocycles. The molecule has 0 spiro atoms. The zero-order chi connectivity index (χ0) is 13.1. The normalized spacial score (nSPS) is 12.3. The van der Waals surface area contributed by atoms with Gasteiger partial charge in [0.05, 0.1) is 17.0 Å². The standard InChI is InChI=1S/C9H14BrNO4S2/c1-7-6-8(16-9(7)10)17(14,15)11(2-4-12)3-5-13/h6,12-13H,2-5H2,1H3. The molecular weight excluding hydrogens is 330 g/mol. The number of nitrogens with zero attached hydrogens (tertiary/aromatic N) is 1. The highest BCUT2D eigenvalue weighted by Gasteiger charge is 2.26. The summed E-state index contributed by atoms with van der Waals surface area (Å²) in [5.74, 6) is 0. The van der Waals surface area contributed by atoms with Crippen LogP contribution in [0, 0.1) is 6.92 Å². The zero-order valence-corrected chi connectivity index (χ0v) is 12.5. The minimum Gasteiger partial charge on any atom is -0.395 e. The van der Waals surface area contributed by atoms with Gasteiger partial charge in [-0.2, -0.15) is 4.31 Å². The van der Waals surface area contributed by atoms with Gasteiger partial charge in [0.2, 0.25) is 0 Å². The van der Waals surface area contributed by atoms with Crippen LogP contribution in [0.5, 0.6) is 0 Å². The van der Waals surface area contributed by atoms with Gasteiger partial charge in [-0.15, -0.1) is 11.3 Å². The molecule has 2 N–H and O–H groups in total. The number of aliphatic hydroxyl groups is 2. The predicted molar refractivity (Wildman–Crippen MR) is 69.7 cm³/mol. The molecule has 1 aromatic heterocycles. The Morgan fingerprint density at radius 1 is 1.35 bits per heavy atom. The first-order chi connectivity index (χ1) is 7.93. The van der Waals surface area contributed by atoms with E-state index in [1.807, 2.05) is 6.92 Å². The Bertz CT molecular complexity index is 446. The van der Waals surface area contributed by atoms with E-state index in [-0.39, 0.29) is 30.5 Å². The van der Waals surface area contributed by atoms with Crippen molar-refractivity contribution in [1.29, 1.82) is 0 Å². The summed E-state index contributed by atoms with van der Waals surface area (Å²) in [6.45, 7) is 1.23. The molecule has 0 radical (unpaired) electrons. The van der Waals surface area contributed by atoms with Crippen molar-refractivity contribution in [2.45, 2.75) is 11.1 Å². The fourth-order valence-electron chi connectivity index (χ4n) is 1.26. The molecule has 1 rings (SSSR count). The monoisotopic (exact) mass is 343 g/mol. The Morgan fingerprint density at radius 2 is 1.88 bits per heavy atom. The van der Waals surface area contributed by atoms with E-state index in [4.69, 9.17) is 10.2 Å².